The van der Waals surface area contributed by atoms with Crippen LogP contribution in [0.25, 0.3) is 0 Å². The molecule has 8 heteroatoms. The second-order valence-electron chi connectivity index (χ2n) is 8.45. The first-order valence-electron chi connectivity index (χ1n) is 10.6. The molecule has 1 amide bonds. The number of halogens is 1. The molecular weight excluding hydrogens is 417 g/mol. The average molecular weight is 446 g/mol. The first kappa shape index (κ1) is 21.9. The van der Waals surface area contributed by atoms with Crippen molar-refractivity contribution >= 4 is 15.9 Å². The quantitative estimate of drug-likeness (QED) is 0.742. The standard InChI is InChI=1S/C23H28FN3O3S/c1-16-3-10-21(17(2)15-16)31(29,30)27-13-11-26(12-14-27)22(23(28)25-20-8-9-20)18-4-6-19(24)7-5-18/h3-7,10,15,20,22H,8-9,11-14H2,1-2H3,(H,25,28)/t22-/m1/s1. The van der Waals surface area contributed by atoms with Crippen LogP contribution in [0.2, 0.25) is 0 Å². The maximum atomic E-state index is 13.4. The van der Waals surface area contributed by atoms with Crippen molar-refractivity contribution in [3.8, 4) is 0 Å². The lowest BCUT2D eigenvalue weighted by Gasteiger charge is -2.38. The van der Waals surface area contributed by atoms with Gasteiger partial charge < -0.3 is 5.32 Å². The summed E-state index contributed by atoms with van der Waals surface area (Å²) in [6, 6.07) is 11.0. The van der Waals surface area contributed by atoms with Crippen LogP contribution in [0.1, 0.15) is 35.6 Å². The third kappa shape index (κ3) is 4.81. The zero-order valence-corrected chi connectivity index (χ0v) is 18.7. The van der Waals surface area contributed by atoms with Gasteiger partial charge in [0.1, 0.15) is 11.9 Å². The zero-order valence-electron chi connectivity index (χ0n) is 17.8. The fourth-order valence-electron chi connectivity index (χ4n) is 4.11. The van der Waals surface area contributed by atoms with Crippen molar-refractivity contribution in [2.45, 2.75) is 43.7 Å². The van der Waals surface area contributed by atoms with Crippen LogP contribution in [0.15, 0.2) is 47.4 Å². The highest BCUT2D eigenvalue weighted by molar-refractivity contribution is 7.89. The van der Waals surface area contributed by atoms with Crippen LogP contribution in [-0.4, -0.2) is 55.8 Å². The van der Waals surface area contributed by atoms with Crippen molar-refractivity contribution in [3.63, 3.8) is 0 Å². The minimum Gasteiger partial charge on any atom is -0.352 e. The summed E-state index contributed by atoms with van der Waals surface area (Å²) in [4.78, 5) is 15.3. The van der Waals surface area contributed by atoms with E-state index in [0.717, 1.165) is 24.0 Å². The second-order valence-corrected chi connectivity index (χ2v) is 10.4. The Bertz CT molecular complexity index is 1060. The minimum atomic E-state index is -3.60. The number of hydrogen-bond acceptors (Lipinski definition) is 4. The van der Waals surface area contributed by atoms with Crippen LogP contribution in [0.5, 0.6) is 0 Å². The number of piperazine rings is 1. The van der Waals surface area contributed by atoms with Crippen LogP contribution in [0.4, 0.5) is 4.39 Å². The molecule has 1 heterocycles. The van der Waals surface area contributed by atoms with Gasteiger partial charge in [0.2, 0.25) is 15.9 Å². The molecule has 1 atom stereocenters. The van der Waals surface area contributed by atoms with E-state index in [9.17, 15) is 17.6 Å². The summed E-state index contributed by atoms with van der Waals surface area (Å²) in [5.74, 6) is -0.464. The van der Waals surface area contributed by atoms with Gasteiger partial charge in [-0.1, -0.05) is 29.8 Å². The number of amides is 1. The number of rotatable bonds is 6. The smallest absolute Gasteiger partial charge is 0.243 e. The van der Waals surface area contributed by atoms with Crippen molar-refractivity contribution in [2.24, 2.45) is 0 Å². The van der Waals surface area contributed by atoms with E-state index in [2.05, 4.69) is 5.32 Å². The Morgan fingerprint density at radius 3 is 2.26 bits per heavy atom. The molecule has 0 unspecified atom stereocenters. The van der Waals surface area contributed by atoms with Gasteiger partial charge in [-0.15, -0.1) is 0 Å². The van der Waals surface area contributed by atoms with Gasteiger partial charge in [0.25, 0.3) is 0 Å². The lowest BCUT2D eigenvalue weighted by Crippen LogP contribution is -2.52. The monoisotopic (exact) mass is 445 g/mol. The molecule has 1 N–H and O–H groups in total. The van der Waals surface area contributed by atoms with Gasteiger partial charge in [-0.3, -0.25) is 9.69 Å². The Morgan fingerprint density at radius 2 is 1.68 bits per heavy atom. The highest BCUT2D eigenvalue weighted by Crippen LogP contribution is 2.28. The number of aryl methyl sites for hydroxylation is 2. The fourth-order valence-corrected chi connectivity index (χ4v) is 5.74. The van der Waals surface area contributed by atoms with E-state index in [1.807, 2.05) is 30.9 Å². The Balaban J connectivity index is 1.51. The summed E-state index contributed by atoms with van der Waals surface area (Å²) in [5, 5.41) is 3.04. The van der Waals surface area contributed by atoms with Crippen LogP contribution >= 0.6 is 0 Å². The molecule has 0 bridgehead atoms. The number of carbonyl (C=O) groups is 1. The first-order chi connectivity index (χ1) is 14.8. The average Bonchev–Trinajstić information content (AvgIpc) is 3.54. The summed E-state index contributed by atoms with van der Waals surface area (Å²) in [6.07, 6.45) is 1.95. The molecule has 2 aliphatic rings. The zero-order chi connectivity index (χ0) is 22.2. The molecular formula is C23H28FN3O3S. The van der Waals surface area contributed by atoms with E-state index < -0.39 is 16.1 Å². The van der Waals surface area contributed by atoms with Crippen molar-refractivity contribution < 1.29 is 17.6 Å². The highest BCUT2D eigenvalue weighted by Gasteiger charge is 2.36. The molecule has 1 saturated heterocycles. The molecule has 0 aromatic heterocycles. The fraction of sp³-hybridized carbons (Fsp3) is 0.435. The molecule has 2 aromatic carbocycles. The second kappa shape index (κ2) is 8.68. The van der Waals surface area contributed by atoms with Gasteiger partial charge in [0, 0.05) is 32.2 Å². The predicted octanol–water partition coefficient (Wildman–Crippen LogP) is 2.77. The number of sulfonamides is 1. The number of nitrogens with one attached hydrogen (secondary N) is 1. The lowest BCUT2D eigenvalue weighted by atomic mass is 10.0. The summed E-state index contributed by atoms with van der Waals surface area (Å²) < 4.78 is 41.3. The maximum absolute atomic E-state index is 13.4. The van der Waals surface area contributed by atoms with E-state index >= 15 is 0 Å². The number of nitrogens with zero attached hydrogens (tertiary/aromatic N) is 2. The number of carbonyl (C=O) groups excluding carboxylic acids is 1. The maximum Gasteiger partial charge on any atom is 0.243 e. The topological polar surface area (TPSA) is 69.7 Å². The molecule has 166 valence electrons. The Morgan fingerprint density at radius 1 is 1.03 bits per heavy atom. The molecule has 1 aliphatic carbocycles. The van der Waals surface area contributed by atoms with E-state index in [1.54, 1.807) is 18.2 Å². The Hall–Kier alpha value is -2.29. The largest absolute Gasteiger partial charge is 0.352 e. The van der Waals surface area contributed by atoms with Crippen molar-refractivity contribution in [2.75, 3.05) is 26.2 Å². The molecule has 2 aromatic rings. The van der Waals surface area contributed by atoms with Gasteiger partial charge in [-0.2, -0.15) is 4.31 Å². The molecule has 31 heavy (non-hydrogen) atoms. The van der Waals surface area contributed by atoms with Crippen LogP contribution in [0.3, 0.4) is 0 Å². The predicted molar refractivity (Wildman–Crippen MR) is 117 cm³/mol. The molecule has 4 rings (SSSR count). The number of hydrogen-bond donors (Lipinski definition) is 1. The third-order valence-electron chi connectivity index (χ3n) is 5.94. The van der Waals surface area contributed by atoms with Gasteiger partial charge in [0.05, 0.1) is 4.90 Å². The summed E-state index contributed by atoms with van der Waals surface area (Å²) in [7, 11) is -3.60. The SMILES string of the molecule is Cc1ccc(S(=O)(=O)N2CCN([C@@H](C(=O)NC3CC3)c3ccc(F)cc3)CC2)c(C)c1. The Kier molecular flexibility index (Phi) is 6.14. The summed E-state index contributed by atoms with van der Waals surface area (Å²) in [6.45, 7) is 5.18. The molecule has 1 saturated carbocycles. The molecule has 2 fully saturated rings. The van der Waals surface area contributed by atoms with Crippen LogP contribution in [0, 0.1) is 19.7 Å². The van der Waals surface area contributed by atoms with Crippen molar-refractivity contribution in [1.29, 1.82) is 0 Å². The van der Waals surface area contributed by atoms with E-state index in [4.69, 9.17) is 0 Å². The lowest BCUT2D eigenvalue weighted by molar-refractivity contribution is -0.127. The van der Waals surface area contributed by atoms with Crippen LogP contribution in [-0.2, 0) is 14.8 Å². The van der Waals surface area contributed by atoms with E-state index in [-0.39, 0.29) is 17.8 Å². The number of benzene rings is 2. The molecule has 0 radical (unpaired) electrons. The van der Waals surface area contributed by atoms with E-state index in [0.29, 0.717) is 36.6 Å². The third-order valence-corrected chi connectivity index (χ3v) is 8.00. The van der Waals surface area contributed by atoms with Crippen molar-refractivity contribution in [1.82, 2.24) is 14.5 Å². The van der Waals surface area contributed by atoms with Gasteiger partial charge in [-0.25, -0.2) is 12.8 Å². The van der Waals surface area contributed by atoms with Crippen LogP contribution < -0.4 is 5.32 Å². The Labute approximate surface area is 183 Å². The van der Waals surface area contributed by atoms with Gasteiger partial charge >= 0.3 is 0 Å². The summed E-state index contributed by atoms with van der Waals surface area (Å²) >= 11 is 0. The summed E-state index contributed by atoms with van der Waals surface area (Å²) in [5.41, 5.74) is 2.46. The molecule has 0 spiro atoms. The van der Waals surface area contributed by atoms with Crippen molar-refractivity contribution in [3.05, 3.63) is 65.0 Å². The molecule has 1 aliphatic heterocycles. The first-order valence-corrected chi connectivity index (χ1v) is 12.1. The van der Waals surface area contributed by atoms with Gasteiger partial charge in [0.15, 0.2) is 0 Å². The van der Waals surface area contributed by atoms with E-state index in [1.165, 1.54) is 16.4 Å². The highest BCUT2D eigenvalue weighted by atomic mass is 32.2. The normalized spacial score (nSPS) is 19.2. The van der Waals surface area contributed by atoms with Gasteiger partial charge in [-0.05, 0) is 56.0 Å². The molecule has 6 nitrogen and oxygen atoms in total. The minimum absolute atomic E-state index is 0.111.